The highest BCUT2D eigenvalue weighted by Gasteiger charge is 2.43. The van der Waals surface area contributed by atoms with Gasteiger partial charge in [-0.05, 0) is 62.2 Å². The smallest absolute Gasteiger partial charge is 0.00553 e. The number of thioether (sulfide) groups is 1. The molecule has 0 amide bonds. The molecule has 0 N–H and O–H groups in total. The molecule has 3 saturated carbocycles. The molecule has 0 aromatic heterocycles. The first-order chi connectivity index (χ1) is 10.8. The Bertz CT molecular complexity index is 308. The van der Waals surface area contributed by atoms with Gasteiger partial charge in [-0.2, -0.15) is 11.8 Å². The van der Waals surface area contributed by atoms with Gasteiger partial charge in [-0.3, -0.25) is 0 Å². The predicted octanol–water partition coefficient (Wildman–Crippen LogP) is 7.07. The van der Waals surface area contributed by atoms with Crippen molar-refractivity contribution in [3.63, 3.8) is 0 Å². The second-order valence-corrected chi connectivity index (χ2v) is 10.3. The average Bonchev–Trinajstić information content (AvgIpc) is 2.44. The molecule has 22 heavy (non-hydrogen) atoms. The molecule has 0 aliphatic heterocycles. The molecule has 3 aliphatic carbocycles. The van der Waals surface area contributed by atoms with Crippen LogP contribution in [0.5, 0.6) is 0 Å². The van der Waals surface area contributed by atoms with Gasteiger partial charge in [0.25, 0.3) is 0 Å². The van der Waals surface area contributed by atoms with Crippen LogP contribution in [0.1, 0.15) is 97.3 Å². The topological polar surface area (TPSA) is 0 Å². The summed E-state index contributed by atoms with van der Waals surface area (Å²) in [6.45, 7) is 4.85. The second kappa shape index (κ2) is 8.45. The van der Waals surface area contributed by atoms with E-state index in [4.69, 9.17) is 0 Å². The normalized spacial score (nSPS) is 37.4. The molecule has 3 rings (SSSR count). The van der Waals surface area contributed by atoms with Gasteiger partial charge in [0, 0.05) is 10.5 Å². The Morgan fingerprint density at radius 3 is 2.23 bits per heavy atom. The molecule has 0 spiro atoms. The minimum atomic E-state index is 1.01. The first-order valence-corrected chi connectivity index (χ1v) is 11.4. The van der Waals surface area contributed by atoms with Crippen molar-refractivity contribution in [2.45, 2.75) is 108 Å². The third-order valence-corrected chi connectivity index (χ3v) is 8.64. The van der Waals surface area contributed by atoms with Crippen molar-refractivity contribution in [2.75, 3.05) is 0 Å². The maximum Gasteiger partial charge on any atom is 0.00553 e. The minimum absolute atomic E-state index is 1.01. The minimum Gasteiger partial charge on any atom is -0.155 e. The van der Waals surface area contributed by atoms with E-state index in [1.807, 2.05) is 0 Å². The summed E-state index contributed by atoms with van der Waals surface area (Å²) in [5, 5.41) is 2.08. The summed E-state index contributed by atoms with van der Waals surface area (Å²) < 4.78 is 0. The number of hydrogen-bond acceptors (Lipinski definition) is 1. The predicted molar refractivity (Wildman–Crippen MR) is 100 cm³/mol. The molecule has 1 atom stereocenters. The van der Waals surface area contributed by atoms with Crippen LogP contribution in [0.2, 0.25) is 0 Å². The summed E-state index contributed by atoms with van der Waals surface area (Å²) in [4.78, 5) is 0. The Morgan fingerprint density at radius 2 is 1.55 bits per heavy atom. The maximum atomic E-state index is 2.53. The van der Waals surface area contributed by atoms with E-state index in [0.717, 1.165) is 34.2 Å². The van der Waals surface area contributed by atoms with Crippen LogP contribution in [0, 0.1) is 23.7 Å². The fraction of sp³-hybridized carbons (Fsp3) is 1.00. The van der Waals surface area contributed by atoms with Gasteiger partial charge < -0.3 is 0 Å². The Kier molecular flexibility index (Phi) is 6.60. The van der Waals surface area contributed by atoms with Crippen LogP contribution in [0.3, 0.4) is 0 Å². The van der Waals surface area contributed by atoms with Crippen molar-refractivity contribution in [1.82, 2.24) is 0 Å². The van der Waals surface area contributed by atoms with Gasteiger partial charge in [0.15, 0.2) is 0 Å². The zero-order valence-corrected chi connectivity index (χ0v) is 15.9. The lowest BCUT2D eigenvalue weighted by molar-refractivity contribution is 0.0451. The van der Waals surface area contributed by atoms with Gasteiger partial charge in [-0.15, -0.1) is 0 Å². The van der Waals surface area contributed by atoms with Gasteiger partial charge in [-0.1, -0.05) is 58.8 Å². The van der Waals surface area contributed by atoms with Crippen LogP contribution >= 0.6 is 11.8 Å². The van der Waals surface area contributed by atoms with Gasteiger partial charge in [0.1, 0.15) is 0 Å². The van der Waals surface area contributed by atoms with Gasteiger partial charge in [-0.25, -0.2) is 0 Å². The first-order valence-electron chi connectivity index (χ1n) is 10.4. The van der Waals surface area contributed by atoms with E-state index < -0.39 is 0 Å². The van der Waals surface area contributed by atoms with Crippen LogP contribution in [-0.4, -0.2) is 10.5 Å². The monoisotopic (exact) mass is 322 g/mol. The van der Waals surface area contributed by atoms with Crippen molar-refractivity contribution in [3.8, 4) is 0 Å². The van der Waals surface area contributed by atoms with E-state index in [0.29, 0.717) is 0 Å². The maximum absolute atomic E-state index is 2.53. The Labute approximate surface area is 143 Å². The van der Waals surface area contributed by atoms with Crippen molar-refractivity contribution in [1.29, 1.82) is 0 Å². The van der Waals surface area contributed by atoms with Crippen molar-refractivity contribution >= 4 is 11.8 Å². The lowest BCUT2D eigenvalue weighted by Gasteiger charge is -2.50. The molecule has 3 aliphatic rings. The molecule has 0 bridgehead atoms. The van der Waals surface area contributed by atoms with E-state index in [1.54, 1.807) is 25.7 Å². The van der Waals surface area contributed by atoms with E-state index in [1.165, 1.54) is 57.8 Å². The molecule has 0 saturated heterocycles. The molecule has 128 valence electrons. The summed E-state index contributed by atoms with van der Waals surface area (Å²) in [6, 6.07) is 0. The fourth-order valence-corrected chi connectivity index (χ4v) is 6.95. The van der Waals surface area contributed by atoms with E-state index in [-0.39, 0.29) is 0 Å². The molecule has 1 heteroatoms. The van der Waals surface area contributed by atoms with Crippen LogP contribution in [0.15, 0.2) is 0 Å². The number of rotatable bonds is 8. The lowest BCUT2D eigenvalue weighted by atomic mass is 9.59. The highest BCUT2D eigenvalue weighted by molar-refractivity contribution is 8.00. The summed E-state index contributed by atoms with van der Waals surface area (Å²) in [7, 11) is 0. The number of hydrogen-bond donors (Lipinski definition) is 0. The molecular weight excluding hydrogens is 284 g/mol. The van der Waals surface area contributed by atoms with E-state index in [2.05, 4.69) is 25.6 Å². The molecule has 0 aromatic rings. The zero-order valence-electron chi connectivity index (χ0n) is 15.1. The van der Waals surface area contributed by atoms with Crippen LogP contribution in [-0.2, 0) is 0 Å². The number of unbranched alkanes of at least 4 members (excludes halogenated alkanes) is 2. The molecule has 0 radical (unpaired) electrons. The third-order valence-electron chi connectivity index (χ3n) is 7.01. The van der Waals surface area contributed by atoms with Crippen LogP contribution in [0.25, 0.3) is 0 Å². The van der Waals surface area contributed by atoms with E-state index >= 15 is 0 Å². The van der Waals surface area contributed by atoms with Crippen molar-refractivity contribution in [2.24, 2.45) is 23.7 Å². The quantitative estimate of drug-likeness (QED) is 0.430. The molecule has 0 aromatic carbocycles. The standard InChI is InChI=1S/C21H38S/c1-3-4-6-9-16(2)17-12-18(13-17)19-14-21(15-19)22-20-10-7-5-8-11-20/h16-21H,3-15H2,1-2H3. The second-order valence-electron chi connectivity index (χ2n) is 8.71. The lowest BCUT2D eigenvalue weighted by Crippen LogP contribution is -2.41. The third kappa shape index (κ3) is 4.46. The highest BCUT2D eigenvalue weighted by Crippen LogP contribution is 2.53. The van der Waals surface area contributed by atoms with E-state index in [9.17, 15) is 0 Å². The Morgan fingerprint density at radius 1 is 0.864 bits per heavy atom. The molecule has 0 nitrogen and oxygen atoms in total. The molecule has 1 unspecified atom stereocenters. The first kappa shape index (κ1) is 17.2. The van der Waals surface area contributed by atoms with Crippen molar-refractivity contribution < 1.29 is 0 Å². The largest absolute Gasteiger partial charge is 0.155 e. The van der Waals surface area contributed by atoms with Gasteiger partial charge in [0.2, 0.25) is 0 Å². The molecular formula is C21H38S. The summed E-state index contributed by atoms with van der Waals surface area (Å²) in [6.07, 6.45) is 19.7. The Balaban J connectivity index is 1.26. The summed E-state index contributed by atoms with van der Waals surface area (Å²) in [5.74, 6) is 4.35. The molecule has 3 fully saturated rings. The summed E-state index contributed by atoms with van der Waals surface area (Å²) >= 11 is 2.38. The van der Waals surface area contributed by atoms with Crippen LogP contribution in [0.4, 0.5) is 0 Å². The fourth-order valence-electron chi connectivity index (χ4n) is 5.09. The zero-order chi connectivity index (χ0) is 15.4. The van der Waals surface area contributed by atoms with Crippen LogP contribution < -0.4 is 0 Å². The van der Waals surface area contributed by atoms with Crippen molar-refractivity contribution in [3.05, 3.63) is 0 Å². The summed E-state index contributed by atoms with van der Waals surface area (Å²) in [5.41, 5.74) is 0. The SMILES string of the molecule is CCCCCC(C)C1CC(C2CC(SC3CCCCC3)C2)C1. The molecule has 0 heterocycles. The average molecular weight is 323 g/mol. The van der Waals surface area contributed by atoms with Gasteiger partial charge in [0.05, 0.1) is 0 Å². The Hall–Kier alpha value is 0.350. The van der Waals surface area contributed by atoms with Gasteiger partial charge >= 0.3 is 0 Å². The highest BCUT2D eigenvalue weighted by atomic mass is 32.2.